The Hall–Kier alpha value is -3.67. The van der Waals surface area contributed by atoms with Crippen LogP contribution in [0.15, 0.2) is 97.2 Å². The molecule has 0 spiro atoms. The normalized spacial score (nSPS) is 12.9. The summed E-state index contributed by atoms with van der Waals surface area (Å²) in [5.74, 6) is -1.14. The van der Waals surface area contributed by atoms with E-state index in [2.05, 4.69) is 51.2 Å². The van der Waals surface area contributed by atoms with Gasteiger partial charge in [0.1, 0.15) is 13.2 Å². The van der Waals surface area contributed by atoms with Crippen LogP contribution in [0.25, 0.3) is 0 Å². The highest BCUT2D eigenvalue weighted by molar-refractivity contribution is 5.72. The van der Waals surface area contributed by atoms with E-state index >= 15 is 0 Å². The van der Waals surface area contributed by atoms with Crippen LogP contribution < -0.4 is 0 Å². The standard InChI is InChI=1S/C53H86O6/c1-4-7-10-13-16-19-21-23-24-25-26-27-28-30-31-34-37-40-43-46-52(55)58-49-50(48-57-51(54)45-42-39-36-33-18-15-12-9-6-3)59-53(56)47-44-41-38-35-32-29-22-20-17-14-11-8-5-2/h8-9,11-12,14,17-18,20,22,29,32-33,35,38-39,42,50H,4-7,10,13,15-16,19,21,23-28,30-31,34,36-37,40-41,43-49H2,1-3H3/b11-8-,12-9-,17-14-,22-20-,32-29-,33-18-,38-35-,42-39-. The molecule has 0 fully saturated rings. The average molecular weight is 819 g/mol. The molecule has 0 heterocycles. The number of unbranched alkanes of at least 4 members (excludes halogenated alkanes) is 19. The third-order valence-corrected chi connectivity index (χ3v) is 9.74. The maximum atomic E-state index is 12.7. The fourth-order valence-corrected chi connectivity index (χ4v) is 6.24. The molecule has 0 aromatic carbocycles. The number of esters is 3. The lowest BCUT2D eigenvalue weighted by molar-refractivity contribution is -0.166. The second-order valence-electron chi connectivity index (χ2n) is 15.4. The van der Waals surface area contributed by atoms with Gasteiger partial charge < -0.3 is 14.2 Å². The molecule has 0 rings (SSSR count). The van der Waals surface area contributed by atoms with E-state index in [1.54, 1.807) is 6.08 Å². The molecule has 0 aliphatic rings. The molecule has 0 saturated carbocycles. The van der Waals surface area contributed by atoms with E-state index in [-0.39, 0.29) is 32.0 Å². The van der Waals surface area contributed by atoms with Crippen LogP contribution in [0.3, 0.4) is 0 Å². The lowest BCUT2D eigenvalue weighted by Gasteiger charge is -2.18. The largest absolute Gasteiger partial charge is 0.462 e. The lowest BCUT2D eigenvalue weighted by atomic mass is 10.0. The molecular formula is C53H86O6. The van der Waals surface area contributed by atoms with Crippen LogP contribution in [0.2, 0.25) is 0 Å². The molecule has 0 saturated heterocycles. The smallest absolute Gasteiger partial charge is 0.309 e. The van der Waals surface area contributed by atoms with E-state index in [1.807, 2.05) is 60.8 Å². The van der Waals surface area contributed by atoms with E-state index in [1.165, 1.54) is 103 Å². The first kappa shape index (κ1) is 55.3. The highest BCUT2D eigenvalue weighted by Crippen LogP contribution is 2.15. The average Bonchev–Trinajstić information content (AvgIpc) is 3.23. The number of allylic oxidation sites excluding steroid dienone is 15. The molecule has 334 valence electrons. The second-order valence-corrected chi connectivity index (χ2v) is 15.4. The highest BCUT2D eigenvalue weighted by atomic mass is 16.6. The van der Waals surface area contributed by atoms with Crippen LogP contribution in [-0.2, 0) is 28.6 Å². The van der Waals surface area contributed by atoms with Gasteiger partial charge in [-0.15, -0.1) is 0 Å². The number of ether oxygens (including phenoxy) is 3. The fraction of sp³-hybridized carbons (Fsp3) is 0.642. The minimum absolute atomic E-state index is 0.118. The Labute approximate surface area is 362 Å². The van der Waals surface area contributed by atoms with Crippen LogP contribution in [0, 0.1) is 0 Å². The van der Waals surface area contributed by atoms with Gasteiger partial charge in [0.25, 0.3) is 0 Å². The van der Waals surface area contributed by atoms with Crippen molar-refractivity contribution in [1.82, 2.24) is 0 Å². The molecule has 0 aliphatic carbocycles. The molecule has 6 nitrogen and oxygen atoms in total. The molecule has 1 atom stereocenters. The monoisotopic (exact) mass is 819 g/mol. The lowest BCUT2D eigenvalue weighted by Crippen LogP contribution is -2.30. The van der Waals surface area contributed by atoms with Crippen molar-refractivity contribution in [3.8, 4) is 0 Å². The summed E-state index contributed by atoms with van der Waals surface area (Å²) in [4.78, 5) is 37.6. The third kappa shape index (κ3) is 45.3. The van der Waals surface area contributed by atoms with Crippen molar-refractivity contribution in [3.05, 3.63) is 97.2 Å². The summed E-state index contributed by atoms with van der Waals surface area (Å²) in [6.45, 7) is 6.20. The molecule has 0 N–H and O–H groups in total. The number of hydrogen-bond donors (Lipinski definition) is 0. The van der Waals surface area contributed by atoms with Crippen LogP contribution in [0.5, 0.6) is 0 Å². The minimum atomic E-state index is -0.847. The van der Waals surface area contributed by atoms with Gasteiger partial charge in [0.2, 0.25) is 0 Å². The Morgan fingerprint density at radius 1 is 0.390 bits per heavy atom. The van der Waals surface area contributed by atoms with Gasteiger partial charge in [-0.3, -0.25) is 14.4 Å². The summed E-state index contributed by atoms with van der Waals surface area (Å²) in [7, 11) is 0. The molecule has 0 aromatic heterocycles. The molecule has 59 heavy (non-hydrogen) atoms. The van der Waals surface area contributed by atoms with Gasteiger partial charge >= 0.3 is 17.9 Å². The summed E-state index contributed by atoms with van der Waals surface area (Å²) in [5.41, 5.74) is 0. The fourth-order valence-electron chi connectivity index (χ4n) is 6.24. The minimum Gasteiger partial charge on any atom is -0.462 e. The zero-order valence-corrected chi connectivity index (χ0v) is 38.0. The second kappa shape index (κ2) is 47.0. The van der Waals surface area contributed by atoms with E-state index in [0.717, 1.165) is 51.4 Å². The molecule has 0 amide bonds. The number of rotatable bonds is 41. The summed E-state index contributed by atoms with van der Waals surface area (Å²) in [6.07, 6.45) is 61.6. The Kier molecular flexibility index (Phi) is 44.1. The molecule has 6 heteroatoms. The zero-order valence-electron chi connectivity index (χ0n) is 38.0. The Balaban J connectivity index is 4.42. The first-order valence-electron chi connectivity index (χ1n) is 23.8. The zero-order chi connectivity index (χ0) is 43.0. The summed E-state index contributed by atoms with van der Waals surface area (Å²) < 4.78 is 16.5. The Morgan fingerprint density at radius 2 is 0.797 bits per heavy atom. The summed E-state index contributed by atoms with van der Waals surface area (Å²) in [6, 6.07) is 0. The first-order valence-corrected chi connectivity index (χ1v) is 23.8. The molecule has 0 aliphatic heterocycles. The number of carbonyl (C=O) groups excluding carboxylic acids is 3. The van der Waals surface area contributed by atoms with Gasteiger partial charge in [0.15, 0.2) is 6.10 Å². The summed E-state index contributed by atoms with van der Waals surface area (Å²) >= 11 is 0. The van der Waals surface area contributed by atoms with Crippen molar-refractivity contribution in [2.45, 2.75) is 207 Å². The van der Waals surface area contributed by atoms with E-state index in [9.17, 15) is 14.4 Å². The predicted molar refractivity (Wildman–Crippen MR) is 251 cm³/mol. The first-order chi connectivity index (χ1) is 29.0. The van der Waals surface area contributed by atoms with Crippen LogP contribution >= 0.6 is 0 Å². The third-order valence-electron chi connectivity index (χ3n) is 9.74. The Bertz CT molecular complexity index is 1220. The molecule has 0 radical (unpaired) electrons. The van der Waals surface area contributed by atoms with Crippen molar-refractivity contribution in [2.24, 2.45) is 0 Å². The van der Waals surface area contributed by atoms with Crippen LogP contribution in [0.4, 0.5) is 0 Å². The van der Waals surface area contributed by atoms with Gasteiger partial charge in [0, 0.05) is 12.8 Å². The van der Waals surface area contributed by atoms with Gasteiger partial charge in [0.05, 0.1) is 6.42 Å². The number of hydrogen-bond acceptors (Lipinski definition) is 6. The quantitative estimate of drug-likeness (QED) is 0.0201. The van der Waals surface area contributed by atoms with Gasteiger partial charge in [-0.2, -0.15) is 0 Å². The van der Waals surface area contributed by atoms with Crippen LogP contribution in [-0.4, -0.2) is 37.2 Å². The maximum Gasteiger partial charge on any atom is 0.309 e. The van der Waals surface area contributed by atoms with E-state index in [4.69, 9.17) is 14.2 Å². The van der Waals surface area contributed by atoms with Crippen molar-refractivity contribution in [2.75, 3.05) is 13.2 Å². The SMILES string of the molecule is CC\C=C/C=C\C=C/C=C\C=C/CCCC(=O)OC(COC(=O)C/C=C\C/C=C\C/C=C\CC)COC(=O)CCCCCCCCCCCCCCCCCCCCC. The highest BCUT2D eigenvalue weighted by Gasteiger charge is 2.19. The van der Waals surface area contributed by atoms with Crippen molar-refractivity contribution in [1.29, 1.82) is 0 Å². The number of carbonyl (C=O) groups is 3. The Morgan fingerprint density at radius 3 is 1.31 bits per heavy atom. The molecule has 0 bridgehead atoms. The van der Waals surface area contributed by atoms with Crippen molar-refractivity contribution in [3.63, 3.8) is 0 Å². The molecule has 1 unspecified atom stereocenters. The van der Waals surface area contributed by atoms with E-state index < -0.39 is 18.0 Å². The predicted octanol–water partition coefficient (Wildman–Crippen LogP) is 15.4. The maximum absolute atomic E-state index is 12.7. The topological polar surface area (TPSA) is 78.9 Å². The van der Waals surface area contributed by atoms with Gasteiger partial charge in [-0.1, -0.05) is 234 Å². The van der Waals surface area contributed by atoms with Gasteiger partial charge in [-0.05, 0) is 44.9 Å². The van der Waals surface area contributed by atoms with Crippen molar-refractivity contribution >= 4 is 17.9 Å². The van der Waals surface area contributed by atoms with Crippen molar-refractivity contribution < 1.29 is 28.6 Å². The van der Waals surface area contributed by atoms with Crippen LogP contribution in [0.1, 0.15) is 201 Å². The van der Waals surface area contributed by atoms with Gasteiger partial charge in [-0.25, -0.2) is 0 Å². The molecular weight excluding hydrogens is 733 g/mol. The molecule has 0 aromatic rings. The summed E-state index contributed by atoms with van der Waals surface area (Å²) in [5, 5.41) is 0. The van der Waals surface area contributed by atoms with E-state index in [0.29, 0.717) is 12.8 Å².